The van der Waals surface area contributed by atoms with Gasteiger partial charge in [-0.3, -0.25) is 4.99 Å². The van der Waals surface area contributed by atoms with Crippen LogP contribution in [0.25, 0.3) is 0 Å². The number of nitrogens with zero attached hydrogens (tertiary/aromatic N) is 4. The molecule has 0 unspecified atom stereocenters. The van der Waals surface area contributed by atoms with Gasteiger partial charge < -0.3 is 19.9 Å². The molecular formula is C17H25FN6O. The van der Waals surface area contributed by atoms with Gasteiger partial charge in [0, 0.05) is 45.8 Å². The minimum absolute atomic E-state index is 0.255. The van der Waals surface area contributed by atoms with Gasteiger partial charge in [0.25, 0.3) is 0 Å². The number of aliphatic imine (C=N–C) groups is 1. The van der Waals surface area contributed by atoms with E-state index in [1.807, 2.05) is 4.57 Å². The number of rotatable bonds is 8. The zero-order valence-electron chi connectivity index (χ0n) is 14.9. The molecule has 0 aliphatic heterocycles. The Labute approximate surface area is 147 Å². The van der Waals surface area contributed by atoms with Gasteiger partial charge in [-0.2, -0.15) is 0 Å². The molecule has 7 nitrogen and oxygen atoms in total. The van der Waals surface area contributed by atoms with Crippen molar-refractivity contribution in [2.75, 3.05) is 20.7 Å². The average molecular weight is 348 g/mol. The molecule has 0 fully saturated rings. The number of hydrogen-bond donors (Lipinski definition) is 2. The first kappa shape index (κ1) is 18.9. The summed E-state index contributed by atoms with van der Waals surface area (Å²) >= 11 is 0. The van der Waals surface area contributed by atoms with Crippen molar-refractivity contribution in [1.82, 2.24) is 25.4 Å². The van der Waals surface area contributed by atoms with Crippen molar-refractivity contribution in [3.63, 3.8) is 0 Å². The van der Waals surface area contributed by atoms with Crippen molar-refractivity contribution in [3.8, 4) is 0 Å². The Hall–Kier alpha value is -2.48. The molecule has 0 aliphatic carbocycles. The molecule has 2 rings (SSSR count). The maximum atomic E-state index is 13.6. The molecule has 1 heterocycles. The van der Waals surface area contributed by atoms with Crippen LogP contribution < -0.4 is 10.6 Å². The normalized spacial score (nSPS) is 11.6. The van der Waals surface area contributed by atoms with Crippen molar-refractivity contribution < 1.29 is 9.13 Å². The quantitative estimate of drug-likeness (QED) is 0.558. The van der Waals surface area contributed by atoms with E-state index in [4.69, 9.17) is 4.74 Å². The highest BCUT2D eigenvalue weighted by Crippen LogP contribution is 2.11. The Bertz CT molecular complexity index is 700. The van der Waals surface area contributed by atoms with Crippen LogP contribution in [0.3, 0.4) is 0 Å². The third-order valence-corrected chi connectivity index (χ3v) is 3.75. The van der Waals surface area contributed by atoms with E-state index in [-0.39, 0.29) is 12.4 Å². The maximum absolute atomic E-state index is 13.6. The predicted octanol–water partition coefficient (Wildman–Crippen LogP) is 1.49. The van der Waals surface area contributed by atoms with Gasteiger partial charge in [0.05, 0.1) is 6.61 Å². The Morgan fingerprint density at radius 1 is 1.36 bits per heavy atom. The SMILES string of the molecule is CCc1nncn1CCNC(=NC)NCc1ccc(F)c(COC)c1. The molecular weight excluding hydrogens is 323 g/mol. The van der Waals surface area contributed by atoms with E-state index in [1.54, 1.807) is 32.6 Å². The van der Waals surface area contributed by atoms with Gasteiger partial charge in [0.2, 0.25) is 0 Å². The van der Waals surface area contributed by atoms with Crippen molar-refractivity contribution in [1.29, 1.82) is 0 Å². The summed E-state index contributed by atoms with van der Waals surface area (Å²) in [5.74, 6) is 1.39. The van der Waals surface area contributed by atoms with Gasteiger partial charge in [0.1, 0.15) is 18.0 Å². The van der Waals surface area contributed by atoms with E-state index in [0.717, 1.165) is 24.4 Å². The number of methoxy groups -OCH3 is 1. The highest BCUT2D eigenvalue weighted by atomic mass is 19.1. The third kappa shape index (κ3) is 5.53. The topological polar surface area (TPSA) is 76.4 Å². The van der Waals surface area contributed by atoms with Crippen LogP contribution in [0, 0.1) is 5.82 Å². The summed E-state index contributed by atoms with van der Waals surface area (Å²) in [7, 11) is 3.27. The summed E-state index contributed by atoms with van der Waals surface area (Å²) in [6.07, 6.45) is 2.58. The average Bonchev–Trinajstić information content (AvgIpc) is 3.08. The first-order valence-corrected chi connectivity index (χ1v) is 8.25. The minimum Gasteiger partial charge on any atom is -0.380 e. The Kier molecular flexibility index (Phi) is 7.34. The van der Waals surface area contributed by atoms with Crippen LogP contribution in [0.2, 0.25) is 0 Å². The number of aromatic nitrogens is 3. The molecule has 1 aromatic heterocycles. The van der Waals surface area contributed by atoms with Gasteiger partial charge in [-0.25, -0.2) is 4.39 Å². The van der Waals surface area contributed by atoms with Crippen LogP contribution in [0.4, 0.5) is 4.39 Å². The van der Waals surface area contributed by atoms with Crippen LogP contribution >= 0.6 is 0 Å². The number of guanidine groups is 1. The summed E-state index contributed by atoms with van der Waals surface area (Å²) in [5.41, 5.74) is 1.51. The first-order chi connectivity index (χ1) is 12.2. The van der Waals surface area contributed by atoms with Gasteiger partial charge >= 0.3 is 0 Å². The molecule has 0 bridgehead atoms. The third-order valence-electron chi connectivity index (χ3n) is 3.75. The highest BCUT2D eigenvalue weighted by Gasteiger charge is 2.05. The molecule has 0 spiro atoms. The molecule has 0 aliphatic rings. The van der Waals surface area contributed by atoms with E-state index >= 15 is 0 Å². The molecule has 25 heavy (non-hydrogen) atoms. The standard InChI is InChI=1S/C17H25FN6O/c1-4-16-23-22-12-24(16)8-7-20-17(19-2)21-10-13-5-6-15(18)14(9-13)11-25-3/h5-6,9,12H,4,7-8,10-11H2,1-3H3,(H2,19,20,21). The Morgan fingerprint density at radius 2 is 2.20 bits per heavy atom. The summed E-state index contributed by atoms with van der Waals surface area (Å²) in [4.78, 5) is 4.20. The lowest BCUT2D eigenvalue weighted by Crippen LogP contribution is -2.38. The van der Waals surface area contributed by atoms with Crippen LogP contribution in [-0.4, -0.2) is 41.4 Å². The van der Waals surface area contributed by atoms with Crippen LogP contribution in [0.5, 0.6) is 0 Å². The Morgan fingerprint density at radius 3 is 2.92 bits per heavy atom. The van der Waals surface area contributed by atoms with E-state index in [2.05, 4.69) is 32.7 Å². The number of hydrogen-bond acceptors (Lipinski definition) is 4. The van der Waals surface area contributed by atoms with Gasteiger partial charge in [0.15, 0.2) is 5.96 Å². The van der Waals surface area contributed by atoms with Gasteiger partial charge in [-0.15, -0.1) is 10.2 Å². The largest absolute Gasteiger partial charge is 0.380 e. The fourth-order valence-corrected chi connectivity index (χ4v) is 2.44. The molecule has 2 N–H and O–H groups in total. The molecule has 8 heteroatoms. The smallest absolute Gasteiger partial charge is 0.191 e. The second kappa shape index (κ2) is 9.73. The molecule has 2 aromatic rings. The van der Waals surface area contributed by atoms with Gasteiger partial charge in [-0.05, 0) is 17.7 Å². The fourth-order valence-electron chi connectivity index (χ4n) is 2.44. The molecule has 0 saturated heterocycles. The maximum Gasteiger partial charge on any atom is 0.191 e. The highest BCUT2D eigenvalue weighted by molar-refractivity contribution is 5.79. The number of nitrogens with one attached hydrogen (secondary N) is 2. The van der Waals surface area contributed by atoms with E-state index in [0.29, 0.717) is 24.6 Å². The lowest BCUT2D eigenvalue weighted by Gasteiger charge is -2.13. The van der Waals surface area contributed by atoms with Crippen molar-refractivity contribution >= 4 is 5.96 Å². The second-order valence-corrected chi connectivity index (χ2v) is 5.51. The van der Waals surface area contributed by atoms with Crippen LogP contribution in [0.15, 0.2) is 29.5 Å². The van der Waals surface area contributed by atoms with Crippen LogP contribution in [0.1, 0.15) is 23.9 Å². The number of aryl methyl sites for hydroxylation is 1. The van der Waals surface area contributed by atoms with E-state index in [1.165, 1.54) is 6.07 Å². The first-order valence-electron chi connectivity index (χ1n) is 8.25. The molecule has 136 valence electrons. The van der Waals surface area contributed by atoms with Crippen molar-refractivity contribution in [2.24, 2.45) is 4.99 Å². The lowest BCUT2D eigenvalue weighted by atomic mass is 10.1. The zero-order valence-corrected chi connectivity index (χ0v) is 14.9. The zero-order chi connectivity index (χ0) is 18.1. The lowest BCUT2D eigenvalue weighted by molar-refractivity contribution is 0.181. The Balaban J connectivity index is 1.83. The summed E-state index contributed by atoms with van der Waals surface area (Å²) in [5, 5.41) is 14.4. The fraction of sp³-hybridized carbons (Fsp3) is 0.471. The summed E-state index contributed by atoms with van der Waals surface area (Å²) in [6, 6.07) is 5.00. The molecule has 0 radical (unpaired) electrons. The van der Waals surface area contributed by atoms with E-state index in [9.17, 15) is 4.39 Å². The summed E-state index contributed by atoms with van der Waals surface area (Å²) < 4.78 is 20.7. The molecule has 0 amide bonds. The second-order valence-electron chi connectivity index (χ2n) is 5.51. The predicted molar refractivity (Wildman–Crippen MR) is 94.7 cm³/mol. The number of halogens is 1. The van der Waals surface area contributed by atoms with Crippen molar-refractivity contribution in [3.05, 3.63) is 47.3 Å². The molecule has 1 aromatic carbocycles. The molecule has 0 saturated carbocycles. The van der Waals surface area contributed by atoms with Crippen molar-refractivity contribution in [2.45, 2.75) is 33.0 Å². The van der Waals surface area contributed by atoms with Gasteiger partial charge in [-0.1, -0.05) is 13.0 Å². The van der Waals surface area contributed by atoms with Crippen LogP contribution in [-0.2, 0) is 30.9 Å². The summed E-state index contributed by atoms with van der Waals surface area (Å²) in [6.45, 7) is 4.30. The number of ether oxygens (including phenoxy) is 1. The monoisotopic (exact) mass is 348 g/mol. The minimum atomic E-state index is -0.256. The number of benzene rings is 1. The molecule has 0 atom stereocenters. The van der Waals surface area contributed by atoms with E-state index < -0.39 is 0 Å².